The second-order valence-electron chi connectivity index (χ2n) is 16.3. The first-order chi connectivity index (χ1) is 25.1. The number of rotatable bonds is 40. The number of nitrogens with zero attached hydrogens (tertiary/aromatic N) is 1. The van der Waals surface area contributed by atoms with Crippen molar-refractivity contribution in [1.29, 1.82) is 0 Å². The van der Waals surface area contributed by atoms with Crippen LogP contribution < -0.4 is 0 Å². The lowest BCUT2D eigenvalue weighted by atomic mass is 10.0. The van der Waals surface area contributed by atoms with Gasteiger partial charge >= 0.3 is 17.9 Å². The molecule has 0 radical (unpaired) electrons. The van der Waals surface area contributed by atoms with Gasteiger partial charge in [0.2, 0.25) is 0 Å². The molecule has 0 aliphatic rings. The lowest BCUT2D eigenvalue weighted by Gasteiger charge is -2.31. The number of hydrogen-bond donors (Lipinski definition) is 1. The molecule has 0 rings (SSSR count). The van der Waals surface area contributed by atoms with Gasteiger partial charge in [-0.05, 0) is 12.8 Å². The number of carboxylic acid groups (broad SMARTS) is 1. The van der Waals surface area contributed by atoms with Crippen LogP contribution in [0.1, 0.15) is 213 Å². The highest BCUT2D eigenvalue weighted by Gasteiger charge is 2.31. The van der Waals surface area contributed by atoms with E-state index in [2.05, 4.69) is 13.8 Å². The molecule has 0 aromatic carbocycles. The van der Waals surface area contributed by atoms with Gasteiger partial charge in [0.25, 0.3) is 0 Å². The summed E-state index contributed by atoms with van der Waals surface area (Å²) in [5.41, 5.74) is 0. The molecule has 2 unspecified atom stereocenters. The first kappa shape index (κ1) is 50.3. The third-order valence-corrected chi connectivity index (χ3v) is 10.3. The Kier molecular flexibility index (Phi) is 35.1. The fourth-order valence-corrected chi connectivity index (χ4v) is 6.80. The van der Waals surface area contributed by atoms with E-state index in [4.69, 9.17) is 14.2 Å². The Morgan fingerprint density at radius 2 is 0.846 bits per heavy atom. The fraction of sp³-hybridized carbons (Fsp3) is 0.932. The first-order valence-electron chi connectivity index (χ1n) is 22.1. The minimum absolute atomic E-state index is 0.0421. The highest BCUT2D eigenvalue weighted by atomic mass is 16.6. The van der Waals surface area contributed by atoms with Gasteiger partial charge in [-0.2, -0.15) is 0 Å². The molecule has 0 aliphatic carbocycles. The molecule has 0 aromatic rings. The monoisotopic (exact) mass is 741 g/mol. The van der Waals surface area contributed by atoms with Crippen LogP contribution in [0, 0.1) is 0 Å². The average Bonchev–Trinajstić information content (AvgIpc) is 3.09. The lowest BCUT2D eigenvalue weighted by molar-refractivity contribution is -0.887. The van der Waals surface area contributed by atoms with Crippen molar-refractivity contribution in [3.05, 3.63) is 0 Å². The van der Waals surface area contributed by atoms with Crippen molar-refractivity contribution in [3.63, 3.8) is 0 Å². The van der Waals surface area contributed by atoms with Crippen molar-refractivity contribution in [1.82, 2.24) is 0 Å². The number of esters is 2. The van der Waals surface area contributed by atoms with E-state index in [0.717, 1.165) is 38.5 Å². The molecule has 308 valence electrons. The van der Waals surface area contributed by atoms with Crippen molar-refractivity contribution in [2.45, 2.75) is 225 Å². The Bertz CT molecular complexity index is 828. The Labute approximate surface area is 321 Å². The number of likely N-dealkylation sites (N-methyl/N-ethyl adjacent to an activating group) is 1. The third kappa shape index (κ3) is 34.1. The maximum absolute atomic E-state index is 12.7. The van der Waals surface area contributed by atoms with Gasteiger partial charge in [0, 0.05) is 19.3 Å². The van der Waals surface area contributed by atoms with Gasteiger partial charge in [-0.1, -0.05) is 181 Å². The zero-order valence-corrected chi connectivity index (χ0v) is 35.0. The van der Waals surface area contributed by atoms with Gasteiger partial charge in [0.05, 0.1) is 34.4 Å². The van der Waals surface area contributed by atoms with Gasteiger partial charge in [0.15, 0.2) is 12.1 Å². The van der Waals surface area contributed by atoms with Crippen LogP contribution in [0.4, 0.5) is 0 Å². The van der Waals surface area contributed by atoms with Crippen LogP contribution in [0.25, 0.3) is 0 Å². The molecule has 0 bridgehead atoms. The van der Waals surface area contributed by atoms with E-state index in [9.17, 15) is 19.5 Å². The molecule has 0 spiro atoms. The minimum Gasteiger partial charge on any atom is -0.477 e. The highest BCUT2D eigenvalue weighted by Crippen LogP contribution is 2.16. The van der Waals surface area contributed by atoms with Gasteiger partial charge in [-0.3, -0.25) is 9.59 Å². The van der Waals surface area contributed by atoms with Crippen molar-refractivity contribution in [3.8, 4) is 0 Å². The Balaban J connectivity index is 4.28. The van der Waals surface area contributed by atoms with Gasteiger partial charge < -0.3 is 23.8 Å². The predicted molar refractivity (Wildman–Crippen MR) is 216 cm³/mol. The molecular weight excluding hydrogens is 654 g/mol. The summed E-state index contributed by atoms with van der Waals surface area (Å²) in [5.74, 6) is -1.45. The predicted octanol–water partition coefficient (Wildman–Crippen LogP) is 11.8. The SMILES string of the molecule is CCCCCCCCCCCCCCCCCCC(=O)OCC(COCCC(C(=O)O)[N+](C)(C)C)OC(=O)CCCCCCCCCCCCCC. The van der Waals surface area contributed by atoms with Crippen molar-refractivity contribution < 1.29 is 38.2 Å². The maximum atomic E-state index is 12.7. The summed E-state index contributed by atoms with van der Waals surface area (Å²) in [4.78, 5) is 36.9. The molecule has 0 aliphatic heterocycles. The zero-order chi connectivity index (χ0) is 38.5. The van der Waals surface area contributed by atoms with Gasteiger partial charge in [-0.25, -0.2) is 4.79 Å². The highest BCUT2D eigenvalue weighted by molar-refractivity contribution is 5.72. The molecule has 8 heteroatoms. The van der Waals surface area contributed by atoms with Crippen LogP contribution in [0.5, 0.6) is 0 Å². The molecule has 8 nitrogen and oxygen atoms in total. The third-order valence-electron chi connectivity index (χ3n) is 10.3. The minimum atomic E-state index is -0.871. The van der Waals surface area contributed by atoms with Crippen LogP contribution >= 0.6 is 0 Å². The number of ether oxygens (including phenoxy) is 3. The van der Waals surface area contributed by atoms with Crippen molar-refractivity contribution in [2.75, 3.05) is 41.0 Å². The van der Waals surface area contributed by atoms with Crippen LogP contribution in [0.3, 0.4) is 0 Å². The summed E-state index contributed by atoms with van der Waals surface area (Å²) in [6, 6.07) is -0.607. The van der Waals surface area contributed by atoms with E-state index in [-0.39, 0.29) is 36.2 Å². The number of unbranched alkanes of at least 4 members (excludes halogenated alkanes) is 26. The summed E-state index contributed by atoms with van der Waals surface area (Å²) in [7, 11) is 5.54. The van der Waals surface area contributed by atoms with E-state index < -0.39 is 18.1 Å². The van der Waals surface area contributed by atoms with E-state index in [1.165, 1.54) is 141 Å². The Hall–Kier alpha value is -1.67. The molecule has 1 N–H and O–H groups in total. The van der Waals surface area contributed by atoms with Crippen LogP contribution in [-0.4, -0.2) is 80.6 Å². The van der Waals surface area contributed by atoms with Gasteiger partial charge in [0.1, 0.15) is 6.61 Å². The number of aliphatic carboxylic acids is 1. The molecule has 0 saturated carbocycles. The number of carbonyl (C=O) groups excluding carboxylic acids is 2. The van der Waals surface area contributed by atoms with Crippen molar-refractivity contribution >= 4 is 17.9 Å². The topological polar surface area (TPSA) is 99.1 Å². The van der Waals surface area contributed by atoms with Crippen LogP contribution in [0.2, 0.25) is 0 Å². The van der Waals surface area contributed by atoms with E-state index in [1.54, 1.807) is 0 Å². The first-order valence-corrected chi connectivity index (χ1v) is 22.1. The molecule has 0 heterocycles. The smallest absolute Gasteiger partial charge is 0.362 e. The largest absolute Gasteiger partial charge is 0.477 e. The maximum Gasteiger partial charge on any atom is 0.362 e. The molecule has 52 heavy (non-hydrogen) atoms. The zero-order valence-electron chi connectivity index (χ0n) is 35.0. The fourth-order valence-electron chi connectivity index (χ4n) is 6.80. The number of quaternary nitrogens is 1. The standard InChI is InChI=1S/C44H85NO7/c1-6-8-10-12-14-16-18-20-21-22-23-25-26-28-30-32-34-42(46)51-39-40(38-50-37-36-41(44(48)49)45(3,4)5)52-43(47)35-33-31-29-27-24-19-17-15-13-11-9-7-2/h40-41H,6-39H2,1-5H3/p+1. The second kappa shape index (κ2) is 36.3. The summed E-state index contributed by atoms with van der Waals surface area (Å²) >= 11 is 0. The van der Waals surface area contributed by atoms with E-state index in [1.807, 2.05) is 21.1 Å². The molecule has 0 saturated heterocycles. The van der Waals surface area contributed by atoms with Crippen LogP contribution in [0.15, 0.2) is 0 Å². The second-order valence-corrected chi connectivity index (χ2v) is 16.3. The van der Waals surface area contributed by atoms with Crippen LogP contribution in [-0.2, 0) is 28.6 Å². The molecule has 0 aromatic heterocycles. The van der Waals surface area contributed by atoms with Gasteiger partial charge in [-0.15, -0.1) is 0 Å². The summed E-state index contributed by atoms with van der Waals surface area (Å²) in [6.07, 6.45) is 35.6. The quantitative estimate of drug-likeness (QED) is 0.0379. The Morgan fingerprint density at radius 3 is 1.19 bits per heavy atom. The van der Waals surface area contributed by atoms with E-state index in [0.29, 0.717) is 19.3 Å². The number of hydrogen-bond acceptors (Lipinski definition) is 6. The molecule has 0 fully saturated rings. The summed E-state index contributed by atoms with van der Waals surface area (Å²) < 4.78 is 17.3. The number of carboxylic acids is 1. The number of carbonyl (C=O) groups is 3. The normalized spacial score (nSPS) is 12.9. The summed E-state index contributed by atoms with van der Waals surface area (Å²) in [6.45, 7) is 4.76. The average molecular weight is 741 g/mol. The Morgan fingerprint density at radius 1 is 0.500 bits per heavy atom. The van der Waals surface area contributed by atoms with E-state index >= 15 is 0 Å². The molecular formula is C44H86NO7+. The summed E-state index contributed by atoms with van der Waals surface area (Å²) in [5, 5.41) is 9.60. The lowest BCUT2D eigenvalue weighted by Crippen LogP contribution is -2.50. The van der Waals surface area contributed by atoms with Crippen molar-refractivity contribution in [2.24, 2.45) is 0 Å². The molecule has 2 atom stereocenters. The molecule has 0 amide bonds.